The van der Waals surface area contributed by atoms with Gasteiger partial charge in [0.25, 0.3) is 5.91 Å². The number of carbonyl (C=O) groups is 3. The average molecular weight is 567 g/mol. The highest BCUT2D eigenvalue weighted by atomic mass is 16.5. The van der Waals surface area contributed by atoms with Crippen molar-refractivity contribution in [2.75, 3.05) is 44.5 Å². The maximum atomic E-state index is 13.6. The van der Waals surface area contributed by atoms with Crippen molar-refractivity contribution in [3.8, 4) is 11.5 Å². The van der Waals surface area contributed by atoms with E-state index in [2.05, 4.69) is 26.2 Å². The number of likely N-dealkylation sites (N-methyl/N-ethyl adjacent to an activating group) is 1. The number of aromatic nitrogens is 4. The summed E-state index contributed by atoms with van der Waals surface area (Å²) in [5.74, 6) is 0.0809. The zero-order valence-electron chi connectivity index (χ0n) is 23.4. The third-order valence-corrected chi connectivity index (χ3v) is 6.79. The second-order valence-electron chi connectivity index (χ2n) is 9.93. The van der Waals surface area contributed by atoms with E-state index in [9.17, 15) is 19.5 Å². The standard InChI is InChI=1S/C27H34N8O6/c1-17-12-35(18(2)15-36)26(38)22-11-20(29-25(37)14-34-16-28-31-32-34)7-10-23(22)41-24(17)13-33(3)27(39)30-19-5-8-21(40-4)9-6-19/h5-11,16-18,24,36H,12-15H2,1-4H3,(H,29,37)(H,30,39)/t17-,18-,24+/m0/s1. The molecule has 0 bridgehead atoms. The Morgan fingerprint density at radius 1 is 1.20 bits per heavy atom. The van der Waals surface area contributed by atoms with Crippen LogP contribution in [0.1, 0.15) is 24.2 Å². The molecule has 3 aromatic rings. The molecule has 218 valence electrons. The monoisotopic (exact) mass is 566 g/mol. The van der Waals surface area contributed by atoms with Crippen LogP contribution in [-0.4, -0.2) is 99.0 Å². The quantitative estimate of drug-likeness (QED) is 0.350. The number of carbonyl (C=O) groups excluding carboxylic acids is 3. The summed E-state index contributed by atoms with van der Waals surface area (Å²) in [4.78, 5) is 42.2. The Labute approximate surface area is 237 Å². The van der Waals surface area contributed by atoms with Gasteiger partial charge in [-0.05, 0) is 59.8 Å². The lowest BCUT2D eigenvalue weighted by Crippen LogP contribution is -2.50. The lowest BCUT2D eigenvalue weighted by Gasteiger charge is -2.38. The van der Waals surface area contributed by atoms with Gasteiger partial charge in [-0.15, -0.1) is 5.10 Å². The summed E-state index contributed by atoms with van der Waals surface area (Å²) in [6.45, 7) is 3.87. The molecule has 0 aliphatic carbocycles. The van der Waals surface area contributed by atoms with E-state index >= 15 is 0 Å². The summed E-state index contributed by atoms with van der Waals surface area (Å²) in [5, 5.41) is 26.2. The van der Waals surface area contributed by atoms with Crippen molar-refractivity contribution < 1.29 is 29.0 Å². The van der Waals surface area contributed by atoms with E-state index in [-0.39, 0.29) is 55.6 Å². The van der Waals surface area contributed by atoms with Gasteiger partial charge in [0.15, 0.2) is 0 Å². The predicted molar refractivity (Wildman–Crippen MR) is 149 cm³/mol. The van der Waals surface area contributed by atoms with Gasteiger partial charge in [0, 0.05) is 30.9 Å². The number of anilines is 2. The van der Waals surface area contributed by atoms with Crippen LogP contribution in [0.15, 0.2) is 48.8 Å². The third-order valence-electron chi connectivity index (χ3n) is 6.79. The minimum Gasteiger partial charge on any atom is -0.497 e. The summed E-state index contributed by atoms with van der Waals surface area (Å²) >= 11 is 0. The van der Waals surface area contributed by atoms with Gasteiger partial charge in [0.05, 0.1) is 31.9 Å². The first kappa shape index (κ1) is 29.3. The molecule has 14 nitrogen and oxygen atoms in total. The van der Waals surface area contributed by atoms with Crippen LogP contribution in [0.25, 0.3) is 0 Å². The highest BCUT2D eigenvalue weighted by molar-refractivity contribution is 6.00. The molecule has 14 heteroatoms. The number of hydrogen-bond acceptors (Lipinski definition) is 9. The normalized spacial score (nSPS) is 17.4. The smallest absolute Gasteiger partial charge is 0.321 e. The van der Waals surface area contributed by atoms with Crippen molar-refractivity contribution in [2.45, 2.75) is 32.5 Å². The van der Waals surface area contributed by atoms with Gasteiger partial charge in [-0.1, -0.05) is 6.92 Å². The van der Waals surface area contributed by atoms with E-state index in [1.54, 1.807) is 68.4 Å². The molecule has 4 amide bonds. The van der Waals surface area contributed by atoms with Gasteiger partial charge in [-0.25, -0.2) is 9.48 Å². The number of hydrogen-bond donors (Lipinski definition) is 3. The van der Waals surface area contributed by atoms with E-state index < -0.39 is 12.1 Å². The largest absolute Gasteiger partial charge is 0.497 e. The number of methoxy groups -OCH3 is 1. The van der Waals surface area contributed by atoms with E-state index in [4.69, 9.17) is 9.47 Å². The van der Waals surface area contributed by atoms with Gasteiger partial charge in [-0.3, -0.25) is 9.59 Å². The fraction of sp³-hybridized carbons (Fsp3) is 0.407. The molecule has 4 rings (SSSR count). The molecule has 3 N–H and O–H groups in total. The van der Waals surface area contributed by atoms with E-state index in [1.807, 2.05) is 6.92 Å². The Hall–Kier alpha value is -4.72. The van der Waals surface area contributed by atoms with E-state index in [0.29, 0.717) is 22.9 Å². The number of nitrogens with zero attached hydrogens (tertiary/aromatic N) is 6. The minimum atomic E-state index is -0.484. The number of amides is 4. The molecule has 41 heavy (non-hydrogen) atoms. The average Bonchev–Trinajstić information content (AvgIpc) is 3.48. The van der Waals surface area contributed by atoms with Crippen molar-refractivity contribution in [3.63, 3.8) is 0 Å². The maximum absolute atomic E-state index is 13.6. The van der Waals surface area contributed by atoms with Crippen LogP contribution in [0, 0.1) is 5.92 Å². The summed E-state index contributed by atoms with van der Waals surface area (Å²) in [6, 6.07) is 11.0. The molecule has 0 saturated heterocycles. The first-order valence-corrected chi connectivity index (χ1v) is 13.1. The number of fused-ring (bicyclic) bond motifs is 1. The Kier molecular flexibility index (Phi) is 9.34. The zero-order chi connectivity index (χ0) is 29.5. The number of urea groups is 1. The highest BCUT2D eigenvalue weighted by Gasteiger charge is 2.34. The summed E-state index contributed by atoms with van der Waals surface area (Å²) in [6.07, 6.45) is 0.837. The predicted octanol–water partition coefficient (Wildman–Crippen LogP) is 1.70. The fourth-order valence-corrected chi connectivity index (χ4v) is 4.36. The topological polar surface area (TPSA) is 164 Å². The number of aliphatic hydroxyl groups excluding tert-OH is 1. The SMILES string of the molecule is COc1ccc(NC(=O)N(C)C[C@H]2Oc3ccc(NC(=O)Cn4cnnn4)cc3C(=O)N([C@@H](C)CO)C[C@@H]2C)cc1. The van der Waals surface area contributed by atoms with Crippen LogP contribution in [0.3, 0.4) is 0 Å². The fourth-order valence-electron chi connectivity index (χ4n) is 4.36. The summed E-state index contributed by atoms with van der Waals surface area (Å²) < 4.78 is 12.8. The first-order chi connectivity index (χ1) is 19.7. The van der Waals surface area contributed by atoms with Crippen molar-refractivity contribution >= 4 is 29.2 Å². The number of rotatable bonds is 9. The van der Waals surface area contributed by atoms with Gasteiger partial charge in [0.1, 0.15) is 30.5 Å². The first-order valence-electron chi connectivity index (χ1n) is 13.1. The Bertz CT molecular complexity index is 1350. The molecule has 1 aromatic heterocycles. The second-order valence-corrected chi connectivity index (χ2v) is 9.93. The minimum absolute atomic E-state index is 0.104. The Balaban J connectivity index is 1.53. The lowest BCUT2D eigenvalue weighted by molar-refractivity contribution is -0.116. The van der Waals surface area contributed by atoms with E-state index in [1.165, 1.54) is 15.9 Å². The number of benzene rings is 2. The van der Waals surface area contributed by atoms with Crippen LogP contribution in [0.5, 0.6) is 11.5 Å². The highest BCUT2D eigenvalue weighted by Crippen LogP contribution is 2.31. The number of nitrogens with one attached hydrogen (secondary N) is 2. The molecule has 1 aliphatic heterocycles. The summed E-state index contributed by atoms with van der Waals surface area (Å²) in [7, 11) is 3.23. The molecule has 0 saturated carbocycles. The molecule has 3 atom stereocenters. The van der Waals surface area contributed by atoms with Crippen LogP contribution in [0.2, 0.25) is 0 Å². The molecule has 0 spiro atoms. The number of tetrazole rings is 1. The number of aliphatic hydroxyl groups is 1. The van der Waals surface area contributed by atoms with Crippen LogP contribution in [-0.2, 0) is 11.3 Å². The Morgan fingerprint density at radius 2 is 1.93 bits per heavy atom. The van der Waals surface area contributed by atoms with Crippen molar-refractivity contribution in [3.05, 3.63) is 54.4 Å². The molecule has 2 heterocycles. The molecular formula is C27H34N8O6. The van der Waals surface area contributed by atoms with Gasteiger partial charge < -0.3 is 35.0 Å². The van der Waals surface area contributed by atoms with Crippen LogP contribution in [0.4, 0.5) is 16.2 Å². The molecule has 0 radical (unpaired) electrons. The van der Waals surface area contributed by atoms with Crippen LogP contribution < -0.4 is 20.1 Å². The van der Waals surface area contributed by atoms with Crippen molar-refractivity contribution in [1.82, 2.24) is 30.0 Å². The molecular weight excluding hydrogens is 532 g/mol. The molecule has 0 unspecified atom stereocenters. The van der Waals surface area contributed by atoms with Gasteiger partial charge >= 0.3 is 6.03 Å². The van der Waals surface area contributed by atoms with E-state index in [0.717, 1.165) is 0 Å². The maximum Gasteiger partial charge on any atom is 0.321 e. The van der Waals surface area contributed by atoms with Gasteiger partial charge in [-0.2, -0.15) is 0 Å². The van der Waals surface area contributed by atoms with Crippen molar-refractivity contribution in [2.24, 2.45) is 5.92 Å². The third kappa shape index (κ3) is 7.28. The van der Waals surface area contributed by atoms with Crippen molar-refractivity contribution in [1.29, 1.82) is 0 Å². The molecule has 0 fully saturated rings. The van der Waals surface area contributed by atoms with Gasteiger partial charge in [0.2, 0.25) is 5.91 Å². The molecule has 1 aliphatic rings. The lowest BCUT2D eigenvalue weighted by atomic mass is 9.99. The zero-order valence-corrected chi connectivity index (χ0v) is 23.4. The second kappa shape index (κ2) is 13.1. The van der Waals surface area contributed by atoms with Crippen LogP contribution >= 0.6 is 0 Å². The summed E-state index contributed by atoms with van der Waals surface area (Å²) in [5.41, 5.74) is 1.23. The Morgan fingerprint density at radius 3 is 2.59 bits per heavy atom. The molecule has 2 aromatic carbocycles. The number of ether oxygens (including phenoxy) is 2.